The fourth-order valence-electron chi connectivity index (χ4n) is 3.22. The molecular weight excluding hydrogens is 256 g/mol. The third-order valence-electron chi connectivity index (χ3n) is 4.45. The normalized spacial score (nSPS) is 21.4. The largest absolute Gasteiger partial charge is 0.478 e. The summed E-state index contributed by atoms with van der Waals surface area (Å²) in [6.45, 7) is 5.37. The van der Waals surface area contributed by atoms with Gasteiger partial charge in [-0.05, 0) is 25.8 Å². The van der Waals surface area contributed by atoms with Gasteiger partial charge in [-0.3, -0.25) is 10.3 Å². The SMILES string of the molecule is Cc1nccc(N2CCC3(CC2)CNCN3)c1C(=O)O. The summed E-state index contributed by atoms with van der Waals surface area (Å²) < 4.78 is 0. The van der Waals surface area contributed by atoms with E-state index >= 15 is 0 Å². The first-order chi connectivity index (χ1) is 9.61. The van der Waals surface area contributed by atoms with E-state index in [0.29, 0.717) is 11.3 Å². The molecule has 0 amide bonds. The number of carboxylic acid groups (broad SMARTS) is 1. The second kappa shape index (κ2) is 5.03. The summed E-state index contributed by atoms with van der Waals surface area (Å²) in [4.78, 5) is 17.7. The number of carbonyl (C=O) groups is 1. The lowest BCUT2D eigenvalue weighted by Crippen LogP contribution is -2.52. The highest BCUT2D eigenvalue weighted by molar-refractivity contribution is 5.95. The third kappa shape index (κ3) is 2.25. The molecule has 1 spiro atoms. The molecule has 1 aromatic rings. The van der Waals surface area contributed by atoms with Crippen molar-refractivity contribution in [2.45, 2.75) is 25.3 Å². The fourth-order valence-corrected chi connectivity index (χ4v) is 3.22. The second-order valence-corrected chi connectivity index (χ2v) is 5.64. The summed E-state index contributed by atoms with van der Waals surface area (Å²) in [6, 6.07) is 1.81. The van der Waals surface area contributed by atoms with Gasteiger partial charge in [0.25, 0.3) is 0 Å². The molecule has 0 radical (unpaired) electrons. The van der Waals surface area contributed by atoms with Crippen molar-refractivity contribution in [3.05, 3.63) is 23.5 Å². The van der Waals surface area contributed by atoms with Gasteiger partial charge in [-0.15, -0.1) is 0 Å². The van der Waals surface area contributed by atoms with Crippen LogP contribution >= 0.6 is 0 Å². The summed E-state index contributed by atoms with van der Waals surface area (Å²) in [6.07, 6.45) is 3.75. The number of aromatic carboxylic acids is 1. The van der Waals surface area contributed by atoms with E-state index < -0.39 is 5.97 Å². The molecule has 2 aliphatic heterocycles. The quantitative estimate of drug-likeness (QED) is 0.733. The van der Waals surface area contributed by atoms with Crippen LogP contribution in [0.5, 0.6) is 0 Å². The van der Waals surface area contributed by atoms with E-state index in [1.165, 1.54) is 0 Å². The number of hydrogen-bond acceptors (Lipinski definition) is 5. The van der Waals surface area contributed by atoms with E-state index in [1.54, 1.807) is 13.1 Å². The lowest BCUT2D eigenvalue weighted by Gasteiger charge is -2.40. The van der Waals surface area contributed by atoms with Gasteiger partial charge in [-0.1, -0.05) is 0 Å². The number of aryl methyl sites for hydroxylation is 1. The lowest BCUT2D eigenvalue weighted by atomic mass is 9.88. The third-order valence-corrected chi connectivity index (χ3v) is 4.45. The van der Waals surface area contributed by atoms with Gasteiger partial charge in [0.15, 0.2) is 0 Å². The Bertz CT molecular complexity index is 516. The van der Waals surface area contributed by atoms with E-state index in [2.05, 4.69) is 20.5 Å². The zero-order valence-corrected chi connectivity index (χ0v) is 11.6. The number of nitrogens with zero attached hydrogens (tertiary/aromatic N) is 2. The molecule has 0 unspecified atom stereocenters. The standard InChI is InChI=1S/C14H20N4O2/c1-10-12(13(19)20)11(2-5-16-10)18-6-3-14(4-7-18)8-15-9-17-14/h2,5,15,17H,3-4,6-9H2,1H3,(H,19,20). The Kier molecular flexibility index (Phi) is 3.35. The predicted octanol–water partition coefficient (Wildman–Crippen LogP) is 0.578. The summed E-state index contributed by atoms with van der Waals surface area (Å²) >= 11 is 0. The number of rotatable bonds is 2. The average molecular weight is 276 g/mol. The first-order valence-corrected chi connectivity index (χ1v) is 7.01. The smallest absolute Gasteiger partial charge is 0.339 e. The van der Waals surface area contributed by atoms with Gasteiger partial charge < -0.3 is 15.3 Å². The molecule has 0 saturated carbocycles. The van der Waals surface area contributed by atoms with Crippen LogP contribution < -0.4 is 15.5 Å². The van der Waals surface area contributed by atoms with Gasteiger partial charge in [0, 0.05) is 38.0 Å². The molecule has 0 aliphatic carbocycles. The molecule has 6 nitrogen and oxygen atoms in total. The summed E-state index contributed by atoms with van der Waals surface area (Å²) in [5.41, 5.74) is 1.91. The van der Waals surface area contributed by atoms with Crippen LogP contribution in [0.1, 0.15) is 28.9 Å². The maximum atomic E-state index is 11.4. The van der Waals surface area contributed by atoms with Gasteiger partial charge in [0.2, 0.25) is 0 Å². The highest BCUT2D eigenvalue weighted by Gasteiger charge is 2.37. The molecule has 2 aliphatic rings. The van der Waals surface area contributed by atoms with Crippen molar-refractivity contribution in [3.63, 3.8) is 0 Å². The number of anilines is 1. The topological polar surface area (TPSA) is 77.5 Å². The molecule has 6 heteroatoms. The maximum absolute atomic E-state index is 11.4. The van der Waals surface area contributed by atoms with Crippen molar-refractivity contribution in [3.8, 4) is 0 Å². The van der Waals surface area contributed by atoms with Crippen molar-refractivity contribution < 1.29 is 9.90 Å². The molecule has 2 saturated heterocycles. The zero-order valence-electron chi connectivity index (χ0n) is 11.6. The number of aromatic nitrogens is 1. The van der Waals surface area contributed by atoms with Gasteiger partial charge in [0.1, 0.15) is 5.56 Å². The van der Waals surface area contributed by atoms with Crippen LogP contribution in [0.2, 0.25) is 0 Å². The van der Waals surface area contributed by atoms with Crippen molar-refractivity contribution in [2.24, 2.45) is 0 Å². The number of pyridine rings is 1. The molecule has 2 fully saturated rings. The van der Waals surface area contributed by atoms with Gasteiger partial charge >= 0.3 is 5.97 Å². The molecule has 0 atom stereocenters. The van der Waals surface area contributed by atoms with E-state index in [1.807, 2.05) is 6.07 Å². The monoisotopic (exact) mass is 276 g/mol. The lowest BCUT2D eigenvalue weighted by molar-refractivity contribution is 0.0696. The van der Waals surface area contributed by atoms with Crippen LogP contribution in [0.3, 0.4) is 0 Å². The van der Waals surface area contributed by atoms with Crippen LogP contribution in [-0.2, 0) is 0 Å². The van der Waals surface area contributed by atoms with Crippen molar-refractivity contribution >= 4 is 11.7 Å². The Morgan fingerprint density at radius 2 is 2.20 bits per heavy atom. The number of carboxylic acids is 1. The van der Waals surface area contributed by atoms with Crippen molar-refractivity contribution in [1.82, 2.24) is 15.6 Å². The number of hydrogen-bond donors (Lipinski definition) is 3. The molecule has 3 N–H and O–H groups in total. The molecule has 20 heavy (non-hydrogen) atoms. The van der Waals surface area contributed by atoms with Gasteiger partial charge in [0.05, 0.1) is 11.4 Å². The van der Waals surface area contributed by atoms with Crippen LogP contribution in [0.15, 0.2) is 12.3 Å². The minimum Gasteiger partial charge on any atom is -0.478 e. The molecular formula is C14H20N4O2. The van der Waals surface area contributed by atoms with Crippen LogP contribution in [0.4, 0.5) is 5.69 Å². The first-order valence-electron chi connectivity index (χ1n) is 7.01. The van der Waals surface area contributed by atoms with Crippen LogP contribution in [0.25, 0.3) is 0 Å². The minimum absolute atomic E-state index is 0.196. The first kappa shape index (κ1) is 13.3. The summed E-state index contributed by atoms with van der Waals surface area (Å²) in [5.74, 6) is -0.897. The molecule has 3 heterocycles. The van der Waals surface area contributed by atoms with Crippen LogP contribution in [-0.4, -0.2) is 47.9 Å². The average Bonchev–Trinajstić information content (AvgIpc) is 2.87. The van der Waals surface area contributed by atoms with E-state index in [9.17, 15) is 9.90 Å². The zero-order chi connectivity index (χ0) is 14.2. The molecule has 108 valence electrons. The summed E-state index contributed by atoms with van der Waals surface area (Å²) in [5, 5.41) is 16.3. The summed E-state index contributed by atoms with van der Waals surface area (Å²) in [7, 11) is 0. The Labute approximate surface area is 118 Å². The number of nitrogens with one attached hydrogen (secondary N) is 2. The molecule has 0 aromatic carbocycles. The Morgan fingerprint density at radius 1 is 1.45 bits per heavy atom. The van der Waals surface area contributed by atoms with E-state index in [0.717, 1.165) is 44.8 Å². The Hall–Kier alpha value is -1.66. The van der Waals surface area contributed by atoms with Crippen molar-refractivity contribution in [1.29, 1.82) is 0 Å². The van der Waals surface area contributed by atoms with Gasteiger partial charge in [-0.2, -0.15) is 0 Å². The van der Waals surface area contributed by atoms with Gasteiger partial charge in [-0.25, -0.2) is 4.79 Å². The Balaban J connectivity index is 1.81. The maximum Gasteiger partial charge on any atom is 0.339 e. The predicted molar refractivity (Wildman–Crippen MR) is 76.1 cm³/mol. The molecule has 1 aromatic heterocycles. The second-order valence-electron chi connectivity index (χ2n) is 5.64. The molecule has 3 rings (SSSR count). The highest BCUT2D eigenvalue weighted by Crippen LogP contribution is 2.30. The highest BCUT2D eigenvalue weighted by atomic mass is 16.4. The minimum atomic E-state index is -0.897. The molecule has 0 bridgehead atoms. The number of piperidine rings is 1. The van der Waals surface area contributed by atoms with Crippen molar-refractivity contribution in [2.75, 3.05) is 31.2 Å². The fraction of sp³-hybridized carbons (Fsp3) is 0.571. The van der Waals surface area contributed by atoms with E-state index in [-0.39, 0.29) is 5.54 Å². The Morgan fingerprint density at radius 3 is 2.80 bits per heavy atom. The van der Waals surface area contributed by atoms with E-state index in [4.69, 9.17) is 0 Å². The van der Waals surface area contributed by atoms with Crippen LogP contribution in [0, 0.1) is 6.92 Å².